The Labute approximate surface area is 148 Å². The number of rotatable bonds is 7. The molecule has 1 aliphatic carbocycles. The lowest BCUT2D eigenvalue weighted by Crippen LogP contribution is -2.43. The molecule has 0 saturated heterocycles. The van der Waals surface area contributed by atoms with Gasteiger partial charge in [0.15, 0.2) is 0 Å². The fraction of sp³-hybridized carbons (Fsp3) is 0.556. The molecule has 0 spiro atoms. The van der Waals surface area contributed by atoms with Gasteiger partial charge in [0.25, 0.3) is 0 Å². The van der Waals surface area contributed by atoms with Gasteiger partial charge < -0.3 is 16.0 Å². The average molecular weight is 350 g/mol. The summed E-state index contributed by atoms with van der Waals surface area (Å²) in [5.74, 6) is -0.0222. The van der Waals surface area contributed by atoms with E-state index in [1.807, 2.05) is 30.5 Å². The highest BCUT2D eigenvalue weighted by atomic mass is 32.2. The van der Waals surface area contributed by atoms with Crippen LogP contribution in [0.25, 0.3) is 0 Å². The van der Waals surface area contributed by atoms with Gasteiger partial charge in [0.2, 0.25) is 5.91 Å². The third-order valence-electron chi connectivity index (χ3n) is 4.19. The van der Waals surface area contributed by atoms with Crippen LogP contribution in [0.1, 0.15) is 44.9 Å². The first-order valence-electron chi connectivity index (χ1n) is 8.66. The van der Waals surface area contributed by atoms with Gasteiger partial charge in [0.05, 0.1) is 5.69 Å². The van der Waals surface area contributed by atoms with Gasteiger partial charge in [-0.05, 0) is 37.7 Å². The first-order chi connectivity index (χ1) is 11.7. The molecular weight excluding hydrogens is 322 g/mol. The lowest BCUT2D eigenvalue weighted by atomic mass is 9.96. The first-order valence-corrected chi connectivity index (χ1v) is 9.88. The van der Waals surface area contributed by atoms with E-state index in [1.54, 1.807) is 11.8 Å². The predicted molar refractivity (Wildman–Crippen MR) is 99.5 cm³/mol. The van der Waals surface area contributed by atoms with Gasteiger partial charge in [-0.2, -0.15) is 0 Å². The molecule has 6 heteroatoms. The fourth-order valence-electron chi connectivity index (χ4n) is 2.89. The molecule has 0 unspecified atom stereocenters. The highest BCUT2D eigenvalue weighted by Crippen LogP contribution is 2.24. The number of carbonyl (C=O) groups excluding carboxylic acids is 2. The minimum absolute atomic E-state index is 0.0222. The Bertz CT molecular complexity index is 545. The molecule has 1 aromatic rings. The summed E-state index contributed by atoms with van der Waals surface area (Å²) in [4.78, 5) is 24.9. The summed E-state index contributed by atoms with van der Waals surface area (Å²) in [5, 5.41) is 8.77. The van der Waals surface area contributed by atoms with E-state index in [-0.39, 0.29) is 11.9 Å². The van der Waals surface area contributed by atoms with Gasteiger partial charge in [-0.1, -0.05) is 31.4 Å². The third kappa shape index (κ3) is 6.43. The number of amides is 3. The van der Waals surface area contributed by atoms with Crippen LogP contribution in [0.5, 0.6) is 0 Å². The number of urea groups is 1. The maximum atomic E-state index is 12.0. The summed E-state index contributed by atoms with van der Waals surface area (Å²) >= 11 is 1.61. The predicted octanol–water partition coefficient (Wildman–Crippen LogP) is 3.76. The van der Waals surface area contributed by atoms with E-state index in [4.69, 9.17) is 0 Å². The highest BCUT2D eigenvalue weighted by molar-refractivity contribution is 7.98. The second-order valence-electron chi connectivity index (χ2n) is 6.09. The maximum absolute atomic E-state index is 12.0. The van der Waals surface area contributed by atoms with Crippen LogP contribution in [0.2, 0.25) is 0 Å². The van der Waals surface area contributed by atoms with Crippen molar-refractivity contribution in [2.75, 3.05) is 18.1 Å². The second-order valence-corrected chi connectivity index (χ2v) is 6.94. The molecule has 1 aliphatic rings. The molecule has 24 heavy (non-hydrogen) atoms. The van der Waals surface area contributed by atoms with E-state index in [0.29, 0.717) is 25.4 Å². The lowest BCUT2D eigenvalue weighted by molar-refractivity contribution is -0.116. The molecule has 2 rings (SSSR count). The lowest BCUT2D eigenvalue weighted by Gasteiger charge is -2.22. The molecule has 0 aliphatic heterocycles. The Morgan fingerprint density at radius 2 is 1.92 bits per heavy atom. The van der Waals surface area contributed by atoms with Crippen LogP contribution in [-0.2, 0) is 4.79 Å². The van der Waals surface area contributed by atoms with Crippen LogP contribution in [0.3, 0.4) is 0 Å². The van der Waals surface area contributed by atoms with Crippen LogP contribution in [0, 0.1) is 0 Å². The summed E-state index contributed by atoms with van der Waals surface area (Å²) < 4.78 is 0. The highest BCUT2D eigenvalue weighted by Gasteiger charge is 2.15. The smallest absolute Gasteiger partial charge is 0.315 e. The van der Waals surface area contributed by atoms with Crippen molar-refractivity contribution in [3.8, 4) is 0 Å². The zero-order valence-electron chi connectivity index (χ0n) is 14.3. The van der Waals surface area contributed by atoms with E-state index in [9.17, 15) is 9.59 Å². The molecule has 1 fully saturated rings. The molecule has 0 radical (unpaired) electrons. The molecule has 3 amide bonds. The zero-order valence-corrected chi connectivity index (χ0v) is 15.1. The number of nitrogens with one attached hydrogen (secondary N) is 3. The first kappa shape index (κ1) is 18.6. The summed E-state index contributed by atoms with van der Waals surface area (Å²) in [6.07, 6.45) is 8.83. The van der Waals surface area contributed by atoms with Crippen molar-refractivity contribution in [1.29, 1.82) is 0 Å². The summed E-state index contributed by atoms with van der Waals surface area (Å²) in [6, 6.07) is 7.94. The van der Waals surface area contributed by atoms with Gasteiger partial charge >= 0.3 is 6.03 Å². The average Bonchev–Trinajstić information content (AvgIpc) is 2.60. The van der Waals surface area contributed by atoms with Crippen molar-refractivity contribution in [3.63, 3.8) is 0 Å². The van der Waals surface area contributed by atoms with Crippen LogP contribution >= 0.6 is 11.8 Å². The number of carbonyl (C=O) groups is 2. The van der Waals surface area contributed by atoms with Crippen molar-refractivity contribution in [3.05, 3.63) is 24.3 Å². The van der Waals surface area contributed by atoms with Gasteiger partial charge in [-0.15, -0.1) is 11.8 Å². The molecule has 0 aromatic heterocycles. The normalized spacial score (nSPS) is 14.9. The molecule has 1 aromatic carbocycles. The van der Waals surface area contributed by atoms with Crippen molar-refractivity contribution in [2.45, 2.75) is 55.9 Å². The molecule has 0 bridgehead atoms. The Morgan fingerprint density at radius 1 is 1.17 bits per heavy atom. The Morgan fingerprint density at radius 3 is 2.67 bits per heavy atom. The second kappa shape index (κ2) is 10.2. The van der Waals surface area contributed by atoms with Gasteiger partial charge in [-0.3, -0.25) is 4.79 Å². The monoisotopic (exact) mass is 349 g/mol. The van der Waals surface area contributed by atoms with Crippen LogP contribution in [0.4, 0.5) is 10.5 Å². The molecule has 0 heterocycles. The Hall–Kier alpha value is -1.69. The Balaban J connectivity index is 1.61. The van der Waals surface area contributed by atoms with Crippen molar-refractivity contribution >= 4 is 29.4 Å². The molecule has 3 N–H and O–H groups in total. The summed E-state index contributed by atoms with van der Waals surface area (Å²) in [7, 11) is 0. The fourth-order valence-corrected chi connectivity index (χ4v) is 3.45. The number of anilines is 1. The molecule has 5 nitrogen and oxygen atoms in total. The van der Waals surface area contributed by atoms with Gasteiger partial charge in [0.1, 0.15) is 0 Å². The zero-order chi connectivity index (χ0) is 17.2. The number of thioether (sulfide) groups is 1. The molecule has 1 saturated carbocycles. The molecular formula is C18H27N3O2S. The van der Waals surface area contributed by atoms with E-state index < -0.39 is 0 Å². The van der Waals surface area contributed by atoms with Gasteiger partial charge in [-0.25, -0.2) is 4.79 Å². The van der Waals surface area contributed by atoms with Crippen LogP contribution in [-0.4, -0.2) is 30.8 Å². The Kier molecular flexibility index (Phi) is 7.95. The number of benzene rings is 1. The topological polar surface area (TPSA) is 70.2 Å². The van der Waals surface area contributed by atoms with E-state index >= 15 is 0 Å². The van der Waals surface area contributed by atoms with Crippen LogP contribution in [0.15, 0.2) is 29.2 Å². The van der Waals surface area contributed by atoms with E-state index in [2.05, 4.69) is 16.0 Å². The minimum Gasteiger partial charge on any atom is -0.338 e. The van der Waals surface area contributed by atoms with E-state index in [0.717, 1.165) is 23.4 Å². The number of hydrogen-bond donors (Lipinski definition) is 3. The quantitative estimate of drug-likeness (QED) is 0.518. The van der Waals surface area contributed by atoms with Crippen molar-refractivity contribution < 1.29 is 9.59 Å². The largest absolute Gasteiger partial charge is 0.338 e. The third-order valence-corrected chi connectivity index (χ3v) is 4.98. The minimum atomic E-state index is -0.116. The summed E-state index contributed by atoms with van der Waals surface area (Å²) in [5.41, 5.74) is 0.845. The number of para-hydroxylation sites is 1. The van der Waals surface area contributed by atoms with Crippen molar-refractivity contribution in [1.82, 2.24) is 10.6 Å². The van der Waals surface area contributed by atoms with Crippen molar-refractivity contribution in [2.24, 2.45) is 0 Å². The standard InChI is InChI=1S/C18H27N3O2S/c1-24-16-11-6-5-10-15(16)21-17(22)12-7-13-19-18(23)20-14-8-3-2-4-9-14/h5-6,10-11,14H,2-4,7-9,12-13H2,1H3,(H,21,22)(H2,19,20,23). The SMILES string of the molecule is CSc1ccccc1NC(=O)CCCNC(=O)NC1CCCCC1. The molecule has 132 valence electrons. The van der Waals surface area contributed by atoms with Crippen LogP contribution < -0.4 is 16.0 Å². The van der Waals surface area contributed by atoms with E-state index in [1.165, 1.54) is 19.3 Å². The maximum Gasteiger partial charge on any atom is 0.315 e. The molecule has 0 atom stereocenters. The van der Waals surface area contributed by atoms with Gasteiger partial charge in [0, 0.05) is 23.9 Å². The number of hydrogen-bond acceptors (Lipinski definition) is 3. The summed E-state index contributed by atoms with van der Waals surface area (Å²) in [6.45, 7) is 0.510.